The minimum absolute atomic E-state index is 0.129. The zero-order valence-electron chi connectivity index (χ0n) is 13.4. The second-order valence-electron chi connectivity index (χ2n) is 5.48. The number of likely N-dealkylation sites (N-methyl/N-ethyl adjacent to an activating group) is 1. The molecule has 0 fully saturated rings. The van der Waals surface area contributed by atoms with Crippen LogP contribution in [0.2, 0.25) is 5.02 Å². The number of rotatable bonds is 6. The van der Waals surface area contributed by atoms with E-state index in [0.717, 1.165) is 5.56 Å². The van der Waals surface area contributed by atoms with Crippen molar-refractivity contribution in [2.75, 3.05) is 12.4 Å². The van der Waals surface area contributed by atoms with E-state index in [1.165, 1.54) is 12.1 Å². The maximum Gasteiger partial charge on any atom is 0.292 e. The third-order valence-electron chi connectivity index (χ3n) is 3.72. The summed E-state index contributed by atoms with van der Waals surface area (Å²) in [6.07, 6.45) is 0. The fourth-order valence-electron chi connectivity index (χ4n) is 2.24. The molecule has 0 aliphatic rings. The van der Waals surface area contributed by atoms with Crippen molar-refractivity contribution in [1.29, 1.82) is 0 Å². The van der Waals surface area contributed by atoms with Gasteiger partial charge in [0.05, 0.1) is 11.0 Å². The van der Waals surface area contributed by atoms with Crippen LogP contribution in [0, 0.1) is 10.1 Å². The molecule has 2 rings (SSSR count). The fourth-order valence-corrected chi connectivity index (χ4v) is 2.45. The Kier molecular flexibility index (Phi) is 5.89. The monoisotopic (exact) mass is 347 g/mol. The van der Waals surface area contributed by atoms with Crippen LogP contribution in [0.1, 0.15) is 12.5 Å². The van der Waals surface area contributed by atoms with Crippen LogP contribution in [0.3, 0.4) is 0 Å². The number of halogens is 1. The third kappa shape index (κ3) is 4.53. The van der Waals surface area contributed by atoms with Crippen LogP contribution < -0.4 is 5.32 Å². The molecule has 0 bridgehead atoms. The van der Waals surface area contributed by atoms with Crippen molar-refractivity contribution in [2.24, 2.45) is 0 Å². The van der Waals surface area contributed by atoms with Gasteiger partial charge in [-0.05, 0) is 37.7 Å². The van der Waals surface area contributed by atoms with Crippen LogP contribution in [0.25, 0.3) is 0 Å². The molecule has 0 aliphatic heterocycles. The smallest absolute Gasteiger partial charge is 0.292 e. The van der Waals surface area contributed by atoms with Gasteiger partial charge in [-0.1, -0.05) is 35.9 Å². The first-order valence-electron chi connectivity index (χ1n) is 7.37. The van der Waals surface area contributed by atoms with Gasteiger partial charge >= 0.3 is 0 Å². The number of amides is 1. The van der Waals surface area contributed by atoms with Gasteiger partial charge in [0.1, 0.15) is 5.69 Å². The van der Waals surface area contributed by atoms with E-state index in [0.29, 0.717) is 11.6 Å². The number of carbonyl (C=O) groups is 1. The molecule has 2 aromatic rings. The molecule has 6 nitrogen and oxygen atoms in total. The van der Waals surface area contributed by atoms with Gasteiger partial charge in [-0.3, -0.25) is 19.8 Å². The maximum absolute atomic E-state index is 12.4. The molecule has 1 atom stereocenters. The minimum atomic E-state index is -0.518. The molecule has 24 heavy (non-hydrogen) atoms. The van der Waals surface area contributed by atoms with Gasteiger partial charge in [0.15, 0.2) is 0 Å². The van der Waals surface area contributed by atoms with Gasteiger partial charge < -0.3 is 5.32 Å². The standard InChI is InChI=1S/C17H18ClN3O3/c1-12(20(2)11-13-6-5-7-14(18)10-13)17(22)19-15-8-3-4-9-16(15)21(23)24/h3-10,12H,11H2,1-2H3,(H,19,22). The predicted molar refractivity (Wildman–Crippen MR) is 94.1 cm³/mol. The molecule has 0 saturated carbocycles. The third-order valence-corrected chi connectivity index (χ3v) is 3.96. The molecule has 0 aliphatic carbocycles. The maximum atomic E-state index is 12.4. The summed E-state index contributed by atoms with van der Waals surface area (Å²) in [4.78, 5) is 24.7. The first-order valence-corrected chi connectivity index (χ1v) is 7.75. The van der Waals surface area contributed by atoms with Gasteiger partial charge in [-0.15, -0.1) is 0 Å². The molecule has 0 saturated heterocycles. The quantitative estimate of drug-likeness (QED) is 0.638. The van der Waals surface area contributed by atoms with Crippen LogP contribution >= 0.6 is 11.6 Å². The van der Waals surface area contributed by atoms with Crippen LogP contribution in [-0.2, 0) is 11.3 Å². The Morgan fingerprint density at radius 2 is 2.00 bits per heavy atom. The van der Waals surface area contributed by atoms with Gasteiger partial charge in [0, 0.05) is 17.6 Å². The molecule has 0 aromatic heterocycles. The Balaban J connectivity index is 2.05. The van der Waals surface area contributed by atoms with E-state index in [2.05, 4.69) is 5.32 Å². The summed E-state index contributed by atoms with van der Waals surface area (Å²) in [5, 5.41) is 14.3. The molecule has 1 unspecified atom stereocenters. The second-order valence-corrected chi connectivity index (χ2v) is 5.92. The highest BCUT2D eigenvalue weighted by Crippen LogP contribution is 2.23. The normalized spacial score (nSPS) is 12.0. The summed E-state index contributed by atoms with van der Waals surface area (Å²) in [7, 11) is 1.81. The Hall–Kier alpha value is -2.44. The lowest BCUT2D eigenvalue weighted by Gasteiger charge is -2.24. The molecule has 1 amide bonds. The lowest BCUT2D eigenvalue weighted by atomic mass is 10.2. The molecule has 0 heterocycles. The number of anilines is 1. The molecule has 2 aromatic carbocycles. The molecular weight excluding hydrogens is 330 g/mol. The number of benzene rings is 2. The highest BCUT2D eigenvalue weighted by Gasteiger charge is 2.21. The average Bonchev–Trinajstić information content (AvgIpc) is 2.54. The van der Waals surface area contributed by atoms with E-state index in [-0.39, 0.29) is 17.3 Å². The van der Waals surface area contributed by atoms with Crippen LogP contribution in [-0.4, -0.2) is 28.8 Å². The number of nitro groups is 1. The van der Waals surface area contributed by atoms with Crippen molar-refractivity contribution < 1.29 is 9.72 Å². The molecule has 7 heteroatoms. The molecule has 1 N–H and O–H groups in total. The van der Waals surface area contributed by atoms with Crippen molar-refractivity contribution in [3.8, 4) is 0 Å². The van der Waals surface area contributed by atoms with Gasteiger partial charge in [-0.2, -0.15) is 0 Å². The Labute approximate surface area is 145 Å². The average molecular weight is 348 g/mol. The highest BCUT2D eigenvalue weighted by molar-refractivity contribution is 6.30. The van der Waals surface area contributed by atoms with Crippen molar-refractivity contribution in [1.82, 2.24) is 4.90 Å². The van der Waals surface area contributed by atoms with Gasteiger partial charge in [0.25, 0.3) is 5.69 Å². The number of nitrogens with one attached hydrogen (secondary N) is 1. The van der Waals surface area contributed by atoms with E-state index in [9.17, 15) is 14.9 Å². The number of hydrogen-bond donors (Lipinski definition) is 1. The first-order chi connectivity index (χ1) is 11.4. The van der Waals surface area contributed by atoms with Crippen LogP contribution in [0.4, 0.5) is 11.4 Å². The van der Waals surface area contributed by atoms with Crippen LogP contribution in [0.5, 0.6) is 0 Å². The number of para-hydroxylation sites is 2. The topological polar surface area (TPSA) is 75.5 Å². The largest absolute Gasteiger partial charge is 0.319 e. The summed E-state index contributed by atoms with van der Waals surface area (Å²) in [5.41, 5.74) is 1.04. The number of nitro benzene ring substituents is 1. The number of nitrogens with zero attached hydrogens (tertiary/aromatic N) is 2. The van der Waals surface area contributed by atoms with Crippen molar-refractivity contribution in [3.63, 3.8) is 0 Å². The SMILES string of the molecule is CC(C(=O)Nc1ccccc1[N+](=O)[O-])N(C)Cc1cccc(Cl)c1. The Bertz CT molecular complexity index is 751. The lowest BCUT2D eigenvalue weighted by molar-refractivity contribution is -0.383. The minimum Gasteiger partial charge on any atom is -0.319 e. The zero-order chi connectivity index (χ0) is 17.7. The number of carbonyl (C=O) groups excluding carboxylic acids is 1. The van der Waals surface area contributed by atoms with Gasteiger partial charge in [0.2, 0.25) is 5.91 Å². The first kappa shape index (κ1) is 17.9. The van der Waals surface area contributed by atoms with E-state index < -0.39 is 11.0 Å². The Morgan fingerprint density at radius 1 is 1.29 bits per heavy atom. The summed E-state index contributed by atoms with van der Waals surface area (Å²) in [6.45, 7) is 2.28. The summed E-state index contributed by atoms with van der Waals surface area (Å²) < 4.78 is 0. The fraction of sp³-hybridized carbons (Fsp3) is 0.235. The summed E-state index contributed by atoms with van der Waals surface area (Å²) in [6, 6.07) is 13.0. The predicted octanol–water partition coefficient (Wildman–Crippen LogP) is 3.71. The van der Waals surface area contributed by atoms with Gasteiger partial charge in [-0.25, -0.2) is 0 Å². The van der Waals surface area contributed by atoms with E-state index in [1.54, 1.807) is 25.1 Å². The van der Waals surface area contributed by atoms with Crippen molar-refractivity contribution in [3.05, 3.63) is 69.2 Å². The van der Waals surface area contributed by atoms with Crippen molar-refractivity contribution >= 4 is 28.9 Å². The second kappa shape index (κ2) is 7.90. The lowest BCUT2D eigenvalue weighted by Crippen LogP contribution is -2.39. The molecule has 0 radical (unpaired) electrons. The van der Waals surface area contributed by atoms with E-state index in [1.807, 2.05) is 30.1 Å². The molecular formula is C17H18ClN3O3. The zero-order valence-corrected chi connectivity index (χ0v) is 14.2. The van der Waals surface area contributed by atoms with E-state index in [4.69, 9.17) is 11.6 Å². The molecule has 0 spiro atoms. The summed E-state index contributed by atoms with van der Waals surface area (Å²) >= 11 is 5.96. The summed E-state index contributed by atoms with van der Waals surface area (Å²) in [5.74, 6) is -0.311. The molecule has 126 valence electrons. The van der Waals surface area contributed by atoms with Crippen LogP contribution in [0.15, 0.2) is 48.5 Å². The highest BCUT2D eigenvalue weighted by atomic mass is 35.5. The van der Waals surface area contributed by atoms with E-state index >= 15 is 0 Å². The Morgan fingerprint density at radius 3 is 2.67 bits per heavy atom. The van der Waals surface area contributed by atoms with Crippen molar-refractivity contribution in [2.45, 2.75) is 19.5 Å². The number of hydrogen-bond acceptors (Lipinski definition) is 4.